The minimum atomic E-state index is -3.35. The first-order valence-electron chi connectivity index (χ1n) is 13.9. The predicted molar refractivity (Wildman–Crippen MR) is 146 cm³/mol. The van der Waals surface area contributed by atoms with E-state index in [1.807, 2.05) is 27.7 Å². The lowest BCUT2D eigenvalue weighted by molar-refractivity contribution is 0.0192. The molecule has 1 aliphatic heterocycles. The van der Waals surface area contributed by atoms with Crippen LogP contribution in [-0.4, -0.2) is 73.8 Å². The summed E-state index contributed by atoms with van der Waals surface area (Å²) in [5, 5.41) is 3.36. The molecule has 1 aliphatic rings. The zero-order valence-corrected chi connectivity index (χ0v) is 24.0. The Bertz CT molecular complexity index is 696. The van der Waals surface area contributed by atoms with Crippen molar-refractivity contribution >= 4 is 16.1 Å². The van der Waals surface area contributed by atoms with Crippen LogP contribution in [0.15, 0.2) is 12.2 Å². The van der Waals surface area contributed by atoms with Crippen LogP contribution in [0.2, 0.25) is 0 Å². The molecule has 0 aliphatic carbocycles. The lowest BCUT2D eigenvalue weighted by Crippen LogP contribution is -2.53. The van der Waals surface area contributed by atoms with Crippen LogP contribution in [0.4, 0.5) is 4.79 Å². The van der Waals surface area contributed by atoms with Crippen LogP contribution in [0.1, 0.15) is 105 Å². The Morgan fingerprint density at radius 3 is 2.03 bits per heavy atom. The van der Waals surface area contributed by atoms with Gasteiger partial charge in [-0.2, -0.15) is 4.31 Å². The molecule has 1 fully saturated rings. The number of nitrogens with one attached hydrogen (secondary N) is 1. The maximum Gasteiger partial charge on any atom is 0.410 e. The molecule has 0 aromatic rings. The van der Waals surface area contributed by atoms with Crippen LogP contribution in [0.25, 0.3) is 0 Å². The summed E-state index contributed by atoms with van der Waals surface area (Å²) in [5.41, 5.74) is -0.550. The van der Waals surface area contributed by atoms with Crippen LogP contribution in [0, 0.1) is 0 Å². The third-order valence-electron chi connectivity index (χ3n) is 6.18. The first-order valence-corrected chi connectivity index (χ1v) is 15.5. The van der Waals surface area contributed by atoms with Gasteiger partial charge in [0.25, 0.3) is 0 Å². The van der Waals surface area contributed by atoms with E-state index < -0.39 is 15.6 Å². The van der Waals surface area contributed by atoms with E-state index in [0.29, 0.717) is 26.2 Å². The highest BCUT2D eigenvalue weighted by atomic mass is 32.2. The first kappa shape index (κ1) is 31.9. The van der Waals surface area contributed by atoms with Crippen molar-refractivity contribution in [1.29, 1.82) is 0 Å². The number of ether oxygens (including phenoxy) is 1. The molecule has 0 radical (unpaired) electrons. The van der Waals surface area contributed by atoms with Crippen molar-refractivity contribution in [2.75, 3.05) is 38.5 Å². The van der Waals surface area contributed by atoms with E-state index in [0.717, 1.165) is 25.8 Å². The van der Waals surface area contributed by atoms with Crippen molar-refractivity contribution in [3.05, 3.63) is 12.2 Å². The third-order valence-corrected chi connectivity index (χ3v) is 8.25. The molecule has 35 heavy (non-hydrogen) atoms. The molecule has 0 spiro atoms. The fraction of sp³-hybridized carbons (Fsp3) is 0.889. The standard InChI is InChI=1S/C27H53N3O4S/c1-6-7-8-9-10-11-12-13-14-15-16-17-18-19-28-25(2)24-35(32,33)30-22-20-29(21-23-30)26(31)34-27(3,4)5/h13-14,25,28H,6-12,15-24H2,1-5H3. The summed E-state index contributed by atoms with van der Waals surface area (Å²) in [6.07, 6.45) is 18.1. The fourth-order valence-electron chi connectivity index (χ4n) is 4.15. The monoisotopic (exact) mass is 515 g/mol. The Hall–Kier alpha value is -1.12. The molecule has 0 aromatic carbocycles. The number of rotatable bonds is 17. The summed E-state index contributed by atoms with van der Waals surface area (Å²) in [4.78, 5) is 13.8. The number of piperazine rings is 1. The van der Waals surface area contributed by atoms with Crippen LogP contribution in [-0.2, 0) is 14.8 Å². The minimum absolute atomic E-state index is 0.0839. The number of hydrogen-bond acceptors (Lipinski definition) is 5. The second-order valence-electron chi connectivity index (χ2n) is 10.9. The molecule has 206 valence electrons. The molecule has 7 nitrogen and oxygen atoms in total. The number of sulfonamides is 1. The maximum absolute atomic E-state index is 12.8. The largest absolute Gasteiger partial charge is 0.444 e. The second kappa shape index (κ2) is 17.4. The number of carbonyl (C=O) groups is 1. The lowest BCUT2D eigenvalue weighted by Gasteiger charge is -2.35. The number of carbonyl (C=O) groups excluding carboxylic acids is 1. The highest BCUT2D eigenvalue weighted by Gasteiger charge is 2.31. The van der Waals surface area contributed by atoms with E-state index in [9.17, 15) is 13.2 Å². The molecule has 1 unspecified atom stereocenters. The molecule has 1 heterocycles. The molecule has 1 N–H and O–H groups in total. The van der Waals surface area contributed by atoms with Gasteiger partial charge in [0.05, 0.1) is 5.75 Å². The topological polar surface area (TPSA) is 79.0 Å². The van der Waals surface area contributed by atoms with Gasteiger partial charge in [-0.1, -0.05) is 57.6 Å². The SMILES string of the molecule is CCCCCCCCC=CCCCCCNC(C)CS(=O)(=O)N1CCN(C(=O)OC(C)(C)C)CC1. The van der Waals surface area contributed by atoms with Crippen LogP contribution >= 0.6 is 0 Å². The van der Waals surface area contributed by atoms with Gasteiger partial charge in [0, 0.05) is 32.2 Å². The third kappa shape index (κ3) is 15.6. The van der Waals surface area contributed by atoms with Crippen LogP contribution < -0.4 is 5.32 Å². The van der Waals surface area contributed by atoms with Crippen molar-refractivity contribution in [1.82, 2.24) is 14.5 Å². The summed E-state index contributed by atoms with van der Waals surface area (Å²) in [5.74, 6) is 0.0839. The van der Waals surface area contributed by atoms with E-state index >= 15 is 0 Å². The molecule has 0 bridgehead atoms. The molecular weight excluding hydrogens is 462 g/mol. The number of amides is 1. The highest BCUT2D eigenvalue weighted by Crippen LogP contribution is 2.14. The maximum atomic E-state index is 12.8. The molecule has 1 amide bonds. The molecule has 1 saturated heterocycles. The normalized spacial score (nSPS) is 16.7. The summed E-state index contributed by atoms with van der Waals surface area (Å²) in [6, 6.07) is -0.0962. The van der Waals surface area contributed by atoms with Gasteiger partial charge >= 0.3 is 6.09 Å². The minimum Gasteiger partial charge on any atom is -0.444 e. The Labute approximate surface area is 216 Å². The van der Waals surface area contributed by atoms with E-state index in [-0.39, 0.29) is 17.9 Å². The number of unbranched alkanes of at least 4 members (excludes halogenated alkanes) is 9. The van der Waals surface area contributed by atoms with E-state index in [1.165, 1.54) is 55.7 Å². The summed E-state index contributed by atoms with van der Waals surface area (Å²) in [7, 11) is -3.35. The average molecular weight is 516 g/mol. The van der Waals surface area contributed by atoms with Crippen molar-refractivity contribution < 1.29 is 17.9 Å². The van der Waals surface area contributed by atoms with Gasteiger partial charge in [0.15, 0.2) is 0 Å². The second-order valence-corrected chi connectivity index (χ2v) is 12.9. The van der Waals surface area contributed by atoms with Crippen molar-refractivity contribution in [2.45, 2.75) is 117 Å². The molecule has 1 rings (SSSR count). The number of nitrogens with zero attached hydrogens (tertiary/aromatic N) is 2. The van der Waals surface area contributed by atoms with E-state index in [2.05, 4.69) is 24.4 Å². The molecule has 0 saturated carbocycles. The average Bonchev–Trinajstić information content (AvgIpc) is 2.78. The number of hydrogen-bond donors (Lipinski definition) is 1. The van der Waals surface area contributed by atoms with Gasteiger partial charge in [0.1, 0.15) is 5.60 Å². The van der Waals surface area contributed by atoms with E-state index in [4.69, 9.17) is 4.74 Å². The highest BCUT2D eigenvalue weighted by molar-refractivity contribution is 7.89. The fourth-order valence-corrected chi connectivity index (χ4v) is 5.83. The van der Waals surface area contributed by atoms with Crippen molar-refractivity contribution in [3.8, 4) is 0 Å². The van der Waals surface area contributed by atoms with Gasteiger partial charge in [-0.05, 0) is 66.3 Å². The van der Waals surface area contributed by atoms with Gasteiger partial charge in [-0.25, -0.2) is 13.2 Å². The molecule has 1 atom stereocenters. The van der Waals surface area contributed by atoms with E-state index in [1.54, 1.807) is 4.90 Å². The van der Waals surface area contributed by atoms with Gasteiger partial charge < -0.3 is 15.0 Å². The Morgan fingerprint density at radius 1 is 0.914 bits per heavy atom. The number of allylic oxidation sites excluding steroid dienone is 2. The Balaban J connectivity index is 2.11. The molecule has 8 heteroatoms. The van der Waals surface area contributed by atoms with Gasteiger partial charge in [-0.15, -0.1) is 0 Å². The predicted octanol–water partition coefficient (Wildman–Crippen LogP) is 5.71. The van der Waals surface area contributed by atoms with Crippen LogP contribution in [0.5, 0.6) is 0 Å². The summed E-state index contributed by atoms with van der Waals surface area (Å²) >= 11 is 0. The zero-order valence-electron chi connectivity index (χ0n) is 23.2. The van der Waals surface area contributed by atoms with Crippen molar-refractivity contribution in [3.63, 3.8) is 0 Å². The van der Waals surface area contributed by atoms with Gasteiger partial charge in [-0.3, -0.25) is 0 Å². The summed E-state index contributed by atoms with van der Waals surface area (Å²) in [6.45, 7) is 11.9. The zero-order chi connectivity index (χ0) is 26.2. The Morgan fingerprint density at radius 2 is 1.46 bits per heavy atom. The van der Waals surface area contributed by atoms with Crippen LogP contribution in [0.3, 0.4) is 0 Å². The Kier molecular flexibility index (Phi) is 15.8. The summed E-state index contributed by atoms with van der Waals surface area (Å²) < 4.78 is 32.5. The van der Waals surface area contributed by atoms with Gasteiger partial charge in [0.2, 0.25) is 10.0 Å². The first-order chi connectivity index (χ1) is 16.5. The molecule has 0 aromatic heterocycles. The quantitative estimate of drug-likeness (QED) is 0.198. The van der Waals surface area contributed by atoms with Crippen molar-refractivity contribution in [2.24, 2.45) is 0 Å². The molecular formula is C27H53N3O4S. The lowest BCUT2D eigenvalue weighted by atomic mass is 10.1. The smallest absolute Gasteiger partial charge is 0.410 e.